The second-order valence-electron chi connectivity index (χ2n) is 7.53. The Morgan fingerprint density at radius 2 is 1.87 bits per heavy atom. The molecular formula is C23H25ClN4O3. The minimum Gasteiger partial charge on any atom is -0.489 e. The fraction of sp³-hybridized carbons (Fsp3) is 0.261. The van der Waals surface area contributed by atoms with E-state index in [-0.39, 0.29) is 11.8 Å². The van der Waals surface area contributed by atoms with E-state index in [0.29, 0.717) is 46.8 Å². The molecule has 162 valence electrons. The molecule has 2 N–H and O–H groups in total. The Hall–Kier alpha value is -3.32. The smallest absolute Gasteiger partial charge is 0.271 e. The fourth-order valence-electron chi connectivity index (χ4n) is 2.85. The highest BCUT2D eigenvalue weighted by molar-refractivity contribution is 6.30. The summed E-state index contributed by atoms with van der Waals surface area (Å²) in [7, 11) is 1.66. The van der Waals surface area contributed by atoms with E-state index in [1.54, 1.807) is 31.3 Å². The lowest BCUT2D eigenvalue weighted by molar-refractivity contribution is 0.0940. The molecule has 1 heterocycles. The third-order valence-electron chi connectivity index (χ3n) is 4.49. The van der Waals surface area contributed by atoms with E-state index in [4.69, 9.17) is 16.3 Å². The highest BCUT2D eigenvalue weighted by Crippen LogP contribution is 2.19. The summed E-state index contributed by atoms with van der Waals surface area (Å²) in [5.41, 5.74) is 2.04. The number of benzene rings is 2. The number of ether oxygens (including phenoxy) is 1. The third-order valence-corrected chi connectivity index (χ3v) is 4.73. The van der Waals surface area contributed by atoms with Gasteiger partial charge in [-0.1, -0.05) is 43.6 Å². The van der Waals surface area contributed by atoms with Gasteiger partial charge in [-0.25, -0.2) is 0 Å². The van der Waals surface area contributed by atoms with E-state index in [2.05, 4.69) is 15.7 Å². The van der Waals surface area contributed by atoms with Crippen LogP contribution in [0.25, 0.3) is 0 Å². The van der Waals surface area contributed by atoms with Gasteiger partial charge in [-0.3, -0.25) is 14.3 Å². The van der Waals surface area contributed by atoms with Gasteiger partial charge < -0.3 is 15.4 Å². The van der Waals surface area contributed by atoms with Gasteiger partial charge in [-0.15, -0.1) is 0 Å². The molecule has 0 unspecified atom stereocenters. The molecule has 1 aromatic heterocycles. The van der Waals surface area contributed by atoms with E-state index < -0.39 is 0 Å². The molecule has 0 atom stereocenters. The second-order valence-corrected chi connectivity index (χ2v) is 7.97. The average molecular weight is 441 g/mol. The van der Waals surface area contributed by atoms with Crippen LogP contribution in [0.3, 0.4) is 0 Å². The molecule has 0 saturated carbocycles. The summed E-state index contributed by atoms with van der Waals surface area (Å²) in [6, 6.07) is 14.2. The number of aromatic nitrogens is 2. The summed E-state index contributed by atoms with van der Waals surface area (Å²) in [6.45, 7) is 4.91. The van der Waals surface area contributed by atoms with E-state index >= 15 is 0 Å². The van der Waals surface area contributed by atoms with Crippen molar-refractivity contribution in [2.75, 3.05) is 11.9 Å². The highest BCUT2D eigenvalue weighted by atomic mass is 35.5. The Bertz CT molecular complexity index is 1060. The standard InChI is InChI=1S/C23H25ClN4O3/c1-15(2)12-25-23(30)21-20(13-26-28(21)3)27-22(29)17-9-7-16(8-10-17)14-31-19-6-4-5-18(24)11-19/h4-11,13,15H,12,14H2,1-3H3,(H,25,30)(H,27,29). The third kappa shape index (κ3) is 6.08. The summed E-state index contributed by atoms with van der Waals surface area (Å²) in [5.74, 6) is 0.386. The number of carbonyl (C=O) groups is 2. The molecule has 0 radical (unpaired) electrons. The largest absolute Gasteiger partial charge is 0.489 e. The molecule has 7 nitrogen and oxygen atoms in total. The number of halogens is 1. The van der Waals surface area contributed by atoms with Crippen LogP contribution in [0, 0.1) is 5.92 Å². The Morgan fingerprint density at radius 3 is 2.55 bits per heavy atom. The van der Waals surface area contributed by atoms with Gasteiger partial charge in [-0.2, -0.15) is 5.10 Å². The number of hydrogen-bond acceptors (Lipinski definition) is 4. The van der Waals surface area contributed by atoms with Gasteiger partial charge in [0.1, 0.15) is 18.1 Å². The number of nitrogens with one attached hydrogen (secondary N) is 2. The van der Waals surface area contributed by atoms with E-state index in [1.807, 2.05) is 38.1 Å². The highest BCUT2D eigenvalue weighted by Gasteiger charge is 2.19. The maximum Gasteiger partial charge on any atom is 0.271 e. The van der Waals surface area contributed by atoms with E-state index in [0.717, 1.165) is 5.56 Å². The van der Waals surface area contributed by atoms with Crippen LogP contribution < -0.4 is 15.4 Å². The van der Waals surface area contributed by atoms with Crippen LogP contribution in [0.15, 0.2) is 54.7 Å². The van der Waals surface area contributed by atoms with Crippen LogP contribution in [0.4, 0.5) is 5.69 Å². The normalized spacial score (nSPS) is 10.7. The predicted molar refractivity (Wildman–Crippen MR) is 121 cm³/mol. The molecule has 2 amide bonds. The summed E-state index contributed by atoms with van der Waals surface area (Å²) in [5, 5.41) is 10.3. The van der Waals surface area contributed by atoms with Crippen molar-refractivity contribution in [1.29, 1.82) is 0 Å². The minimum absolute atomic E-state index is 0.280. The number of anilines is 1. The van der Waals surface area contributed by atoms with Crippen molar-refractivity contribution < 1.29 is 14.3 Å². The molecule has 2 aromatic carbocycles. The first-order valence-electron chi connectivity index (χ1n) is 9.92. The number of carbonyl (C=O) groups excluding carboxylic acids is 2. The molecule has 3 rings (SSSR count). The number of amides is 2. The Labute approximate surface area is 186 Å². The van der Waals surface area contributed by atoms with Crippen molar-refractivity contribution in [2.24, 2.45) is 13.0 Å². The molecule has 0 fully saturated rings. The predicted octanol–water partition coefficient (Wildman–Crippen LogP) is 4.29. The van der Waals surface area contributed by atoms with Crippen LogP contribution in [0.1, 0.15) is 40.3 Å². The maximum atomic E-state index is 12.7. The summed E-state index contributed by atoms with van der Waals surface area (Å²) < 4.78 is 7.16. The molecule has 0 aliphatic rings. The maximum absolute atomic E-state index is 12.7. The summed E-state index contributed by atoms with van der Waals surface area (Å²) in [6.07, 6.45) is 1.47. The number of aryl methyl sites for hydroxylation is 1. The van der Waals surface area contributed by atoms with Crippen molar-refractivity contribution in [3.8, 4) is 5.75 Å². The molecular weight excluding hydrogens is 416 g/mol. The monoisotopic (exact) mass is 440 g/mol. The molecule has 3 aromatic rings. The van der Waals surface area contributed by atoms with Gasteiger partial charge in [0.05, 0.1) is 11.9 Å². The van der Waals surface area contributed by atoms with Crippen LogP contribution in [-0.4, -0.2) is 28.1 Å². The first-order valence-corrected chi connectivity index (χ1v) is 10.3. The van der Waals surface area contributed by atoms with Crippen LogP contribution in [0.5, 0.6) is 5.75 Å². The zero-order valence-electron chi connectivity index (χ0n) is 17.7. The van der Waals surface area contributed by atoms with Gasteiger partial charge >= 0.3 is 0 Å². The topological polar surface area (TPSA) is 85.2 Å². The van der Waals surface area contributed by atoms with Crippen molar-refractivity contribution in [3.63, 3.8) is 0 Å². The lowest BCUT2D eigenvalue weighted by Crippen LogP contribution is -2.30. The van der Waals surface area contributed by atoms with Crippen molar-refractivity contribution >= 4 is 29.1 Å². The molecule has 31 heavy (non-hydrogen) atoms. The Balaban J connectivity index is 1.63. The van der Waals surface area contributed by atoms with E-state index in [9.17, 15) is 9.59 Å². The molecule has 0 spiro atoms. The van der Waals surface area contributed by atoms with Gasteiger partial charge in [-0.05, 0) is 41.8 Å². The van der Waals surface area contributed by atoms with Crippen molar-refractivity contribution in [3.05, 3.63) is 76.6 Å². The van der Waals surface area contributed by atoms with Crippen molar-refractivity contribution in [2.45, 2.75) is 20.5 Å². The molecule has 0 aliphatic carbocycles. The quantitative estimate of drug-likeness (QED) is 0.547. The van der Waals surface area contributed by atoms with Gasteiger partial charge in [0, 0.05) is 24.2 Å². The lowest BCUT2D eigenvalue weighted by atomic mass is 10.1. The molecule has 0 aliphatic heterocycles. The Morgan fingerprint density at radius 1 is 1.13 bits per heavy atom. The molecule has 0 saturated heterocycles. The van der Waals surface area contributed by atoms with Crippen LogP contribution in [0.2, 0.25) is 5.02 Å². The first kappa shape index (κ1) is 22.4. The second kappa shape index (κ2) is 10.1. The number of nitrogens with zero attached hydrogens (tertiary/aromatic N) is 2. The van der Waals surface area contributed by atoms with Crippen LogP contribution >= 0.6 is 11.6 Å². The summed E-state index contributed by atoms with van der Waals surface area (Å²) in [4.78, 5) is 25.1. The summed E-state index contributed by atoms with van der Waals surface area (Å²) >= 11 is 5.96. The molecule has 8 heteroatoms. The Kier molecular flexibility index (Phi) is 7.31. The number of hydrogen-bond donors (Lipinski definition) is 2. The first-order chi connectivity index (χ1) is 14.8. The van der Waals surface area contributed by atoms with Gasteiger partial charge in [0.15, 0.2) is 0 Å². The zero-order chi connectivity index (χ0) is 22.4. The zero-order valence-corrected chi connectivity index (χ0v) is 18.4. The SMILES string of the molecule is CC(C)CNC(=O)c1c(NC(=O)c2ccc(COc3cccc(Cl)c3)cc2)cnn1C. The minimum atomic E-state index is -0.326. The lowest BCUT2D eigenvalue weighted by Gasteiger charge is -2.11. The van der Waals surface area contributed by atoms with Gasteiger partial charge in [0.2, 0.25) is 0 Å². The van der Waals surface area contributed by atoms with Crippen LogP contribution in [-0.2, 0) is 13.7 Å². The molecule has 0 bridgehead atoms. The average Bonchev–Trinajstić information content (AvgIpc) is 3.11. The van der Waals surface area contributed by atoms with Gasteiger partial charge in [0.25, 0.3) is 11.8 Å². The van der Waals surface area contributed by atoms with Crippen molar-refractivity contribution in [1.82, 2.24) is 15.1 Å². The van der Waals surface area contributed by atoms with E-state index in [1.165, 1.54) is 10.9 Å². The number of rotatable bonds is 8. The fourth-order valence-corrected chi connectivity index (χ4v) is 3.03.